The summed E-state index contributed by atoms with van der Waals surface area (Å²) < 4.78 is 76.9. The molecule has 3 rings (SSSR count). The first-order valence-corrected chi connectivity index (χ1v) is 11.0. The molecule has 1 aliphatic heterocycles. The number of halogens is 6. The number of anilines is 1. The molecule has 0 saturated heterocycles. The molecule has 1 aromatic carbocycles. The van der Waals surface area contributed by atoms with Gasteiger partial charge in [0.15, 0.2) is 0 Å². The average molecular weight is 528 g/mol. The first kappa shape index (κ1) is 23.8. The van der Waals surface area contributed by atoms with Crippen LogP contribution in [0.25, 0.3) is 5.57 Å². The van der Waals surface area contributed by atoms with Gasteiger partial charge in [-0.3, -0.25) is 0 Å². The van der Waals surface area contributed by atoms with Gasteiger partial charge in [0.05, 0.1) is 0 Å². The fourth-order valence-corrected chi connectivity index (χ4v) is 4.92. The molecule has 0 saturated carbocycles. The summed E-state index contributed by atoms with van der Waals surface area (Å²) in [7, 11) is 1.77. The molecule has 3 atom stereocenters. The molecule has 0 aliphatic carbocycles. The van der Waals surface area contributed by atoms with Crippen molar-refractivity contribution in [2.45, 2.75) is 30.4 Å². The fourth-order valence-electron chi connectivity index (χ4n) is 3.14. The first-order chi connectivity index (χ1) is 14.6. The van der Waals surface area contributed by atoms with Crippen molar-refractivity contribution in [1.29, 1.82) is 0 Å². The molecule has 1 aliphatic rings. The zero-order valence-electron chi connectivity index (χ0n) is 16.6. The second-order valence-electron chi connectivity index (χ2n) is 6.81. The third kappa shape index (κ3) is 4.68. The molecule has 170 valence electrons. The Labute approximate surface area is 188 Å². The molecule has 31 heavy (non-hydrogen) atoms. The maximum atomic E-state index is 15.0. The van der Waals surface area contributed by atoms with Crippen molar-refractivity contribution in [2.24, 2.45) is 0 Å². The Morgan fingerprint density at radius 2 is 1.94 bits per heavy atom. The van der Waals surface area contributed by atoms with Crippen LogP contribution in [0.15, 0.2) is 23.6 Å². The zero-order valence-corrected chi connectivity index (χ0v) is 19.7. The van der Waals surface area contributed by atoms with Gasteiger partial charge in [0.2, 0.25) is 0 Å². The Morgan fingerprint density at radius 1 is 1.29 bits per heavy atom. The average Bonchev–Trinajstić information content (AvgIpc) is 3.16. The standard InChI is InChI=1S/C18H20AsClF5N5O/c1-9(18(23,24)25)29-16(20)14(15(19)30-17(29)27-8-28-30)13-11(21)6-10(7-12(13)22)31-5-3-4-26-2/h6-9,15,26H,3-5,19H2,1-2H3/t9-,15?/m0/s1. The predicted octanol–water partition coefficient (Wildman–Crippen LogP) is 3.05. The van der Waals surface area contributed by atoms with E-state index in [4.69, 9.17) is 16.3 Å². The zero-order chi connectivity index (χ0) is 22.9. The van der Waals surface area contributed by atoms with Crippen molar-refractivity contribution < 1.29 is 26.7 Å². The number of ether oxygens (including phenoxy) is 1. The van der Waals surface area contributed by atoms with Crippen molar-refractivity contribution in [3.8, 4) is 5.75 Å². The van der Waals surface area contributed by atoms with E-state index in [-0.39, 0.29) is 23.9 Å². The van der Waals surface area contributed by atoms with Crippen molar-refractivity contribution in [3.63, 3.8) is 0 Å². The number of hydrogen-bond donors (Lipinski definition) is 1. The number of alkyl halides is 3. The third-order valence-electron chi connectivity index (χ3n) is 4.75. The van der Waals surface area contributed by atoms with Crippen molar-refractivity contribution >= 4 is 40.0 Å². The second kappa shape index (κ2) is 9.34. The number of hydrogen-bond acceptors (Lipinski definition) is 5. The van der Waals surface area contributed by atoms with E-state index in [1.165, 1.54) is 4.68 Å². The first-order valence-electron chi connectivity index (χ1n) is 9.25. The minimum absolute atomic E-state index is 0.0255. The Hall–Kier alpha value is -1.84. The minimum atomic E-state index is -4.67. The van der Waals surface area contributed by atoms with Gasteiger partial charge < -0.3 is 0 Å². The molecule has 1 N–H and O–H groups in total. The number of allylic oxidation sites excluding steroid dienone is 1. The summed E-state index contributed by atoms with van der Waals surface area (Å²) in [6, 6.07) is -0.120. The van der Waals surface area contributed by atoms with Gasteiger partial charge in [-0.05, 0) is 0 Å². The van der Waals surface area contributed by atoms with Crippen LogP contribution in [0.5, 0.6) is 5.75 Å². The van der Waals surface area contributed by atoms with E-state index in [2.05, 4.69) is 15.4 Å². The van der Waals surface area contributed by atoms with Crippen LogP contribution in [-0.2, 0) is 0 Å². The number of benzene rings is 1. The molecular formula is C18H20AsClF5N5O. The molecule has 2 unspecified atom stereocenters. The van der Waals surface area contributed by atoms with Crippen LogP contribution in [0.4, 0.5) is 27.9 Å². The van der Waals surface area contributed by atoms with Crippen LogP contribution in [0.2, 0.25) is 0 Å². The van der Waals surface area contributed by atoms with Gasteiger partial charge in [0.1, 0.15) is 0 Å². The molecule has 6 nitrogen and oxygen atoms in total. The monoisotopic (exact) mass is 527 g/mol. The van der Waals surface area contributed by atoms with Gasteiger partial charge >= 0.3 is 189 Å². The molecule has 0 spiro atoms. The van der Waals surface area contributed by atoms with Gasteiger partial charge in [0, 0.05) is 0 Å². The summed E-state index contributed by atoms with van der Waals surface area (Å²) in [6.45, 7) is 1.79. The van der Waals surface area contributed by atoms with E-state index in [1.807, 2.05) is 0 Å². The third-order valence-corrected chi connectivity index (χ3v) is 6.43. The molecule has 0 radical (unpaired) electrons. The summed E-state index contributed by atoms with van der Waals surface area (Å²) in [5, 5.41) is 6.41. The topological polar surface area (TPSA) is 55.2 Å². The maximum absolute atomic E-state index is 15.0. The van der Waals surface area contributed by atoms with Crippen molar-refractivity contribution in [2.75, 3.05) is 25.1 Å². The second-order valence-corrected chi connectivity index (χ2v) is 8.49. The normalized spacial score (nSPS) is 17.7. The van der Waals surface area contributed by atoms with Gasteiger partial charge in [-0.1, -0.05) is 0 Å². The van der Waals surface area contributed by atoms with E-state index in [9.17, 15) is 22.0 Å². The fraction of sp³-hybridized carbons (Fsp3) is 0.444. The van der Waals surface area contributed by atoms with Crippen LogP contribution in [0.3, 0.4) is 0 Å². The summed E-state index contributed by atoms with van der Waals surface area (Å²) in [5.41, 5.74) is -0.671. The van der Waals surface area contributed by atoms with E-state index >= 15 is 0 Å². The SMILES string of the molecule is CNCCCOc1cc(F)c(C2=C(Cl)N([C@@H](C)C(F)(F)F)c3ncnn3C2[AsH2])c(F)c1. The Bertz CT molecular complexity index is 959. The van der Waals surface area contributed by atoms with Crippen molar-refractivity contribution in [1.82, 2.24) is 20.1 Å². The molecular weight excluding hydrogens is 508 g/mol. The van der Waals surface area contributed by atoms with Gasteiger partial charge in [-0.15, -0.1) is 0 Å². The Balaban J connectivity index is 2.06. The summed E-state index contributed by atoms with van der Waals surface area (Å²) in [6.07, 6.45) is -2.98. The quantitative estimate of drug-likeness (QED) is 0.260. The molecule has 0 bridgehead atoms. The van der Waals surface area contributed by atoms with E-state index in [0.717, 1.165) is 42.2 Å². The van der Waals surface area contributed by atoms with Gasteiger partial charge in [-0.2, -0.15) is 0 Å². The molecule has 2 heterocycles. The summed E-state index contributed by atoms with van der Waals surface area (Å²) in [5.74, 6) is -2.18. The van der Waals surface area contributed by atoms with Crippen LogP contribution < -0.4 is 15.0 Å². The number of fused-ring (bicyclic) bond motifs is 1. The molecule has 0 fully saturated rings. The number of rotatable bonds is 7. The number of nitrogens with one attached hydrogen (secondary N) is 1. The predicted molar refractivity (Wildman–Crippen MR) is 109 cm³/mol. The Morgan fingerprint density at radius 3 is 2.52 bits per heavy atom. The van der Waals surface area contributed by atoms with E-state index < -0.39 is 39.4 Å². The number of aromatic nitrogens is 3. The van der Waals surface area contributed by atoms with E-state index in [0.29, 0.717) is 17.9 Å². The van der Waals surface area contributed by atoms with Crippen LogP contribution in [0, 0.1) is 11.6 Å². The molecule has 0 amide bonds. The van der Waals surface area contributed by atoms with E-state index in [1.54, 1.807) is 7.05 Å². The van der Waals surface area contributed by atoms with Crippen LogP contribution in [-0.4, -0.2) is 64.0 Å². The molecule has 13 heteroatoms. The van der Waals surface area contributed by atoms with Gasteiger partial charge in [-0.25, -0.2) is 0 Å². The van der Waals surface area contributed by atoms with Crippen LogP contribution in [0.1, 0.15) is 23.7 Å². The van der Waals surface area contributed by atoms with Crippen LogP contribution >= 0.6 is 11.6 Å². The van der Waals surface area contributed by atoms with Gasteiger partial charge in [0.25, 0.3) is 0 Å². The number of nitrogens with zero attached hydrogens (tertiary/aromatic N) is 4. The van der Waals surface area contributed by atoms with Crippen molar-refractivity contribution in [3.05, 3.63) is 40.8 Å². The summed E-state index contributed by atoms with van der Waals surface area (Å²) >= 11 is 7.28. The Kier molecular flexibility index (Phi) is 7.17. The summed E-state index contributed by atoms with van der Waals surface area (Å²) in [4.78, 5) is 3.74. The molecule has 2 aromatic rings. The molecule has 1 aromatic heterocycles.